The lowest BCUT2D eigenvalue weighted by Crippen LogP contribution is -2.46. The maximum atomic E-state index is 11.4. The van der Waals surface area contributed by atoms with Crippen molar-refractivity contribution >= 4 is 34.5 Å². The van der Waals surface area contributed by atoms with Crippen LogP contribution < -0.4 is 9.80 Å². The van der Waals surface area contributed by atoms with Gasteiger partial charge in [0.05, 0.1) is 10.5 Å². The lowest BCUT2D eigenvalue weighted by molar-refractivity contribution is -0.384. The number of benzene rings is 2. The summed E-state index contributed by atoms with van der Waals surface area (Å²) in [5.41, 5.74) is 1.62. The third-order valence-corrected chi connectivity index (χ3v) is 4.59. The number of carboxylic acids is 1. The van der Waals surface area contributed by atoms with E-state index < -0.39 is 10.9 Å². The molecule has 0 spiro atoms. The van der Waals surface area contributed by atoms with Crippen molar-refractivity contribution in [3.63, 3.8) is 0 Å². The fraction of sp³-hybridized carbons (Fsp3) is 0.222. The van der Waals surface area contributed by atoms with Gasteiger partial charge in [-0.15, -0.1) is 0 Å². The fourth-order valence-corrected chi connectivity index (χ4v) is 3.20. The third kappa shape index (κ3) is 3.14. The molecule has 0 radical (unpaired) electrons. The highest BCUT2D eigenvalue weighted by molar-refractivity contribution is 5.90. The van der Waals surface area contributed by atoms with E-state index in [-0.39, 0.29) is 11.3 Å². The number of aromatic carboxylic acids is 1. The minimum absolute atomic E-state index is 0.101. The van der Waals surface area contributed by atoms with Crippen LogP contribution in [0.4, 0.5) is 17.4 Å². The monoisotopic (exact) mass is 368 g/mol. The molecule has 4 rings (SSSR count). The Balaban J connectivity index is 1.53. The van der Waals surface area contributed by atoms with Crippen LogP contribution in [-0.4, -0.2) is 47.2 Å². The van der Waals surface area contributed by atoms with Crippen LogP contribution in [0.2, 0.25) is 0 Å². The minimum Gasteiger partial charge on any atom is -0.478 e. The van der Waals surface area contributed by atoms with Crippen LogP contribution in [0.1, 0.15) is 10.4 Å². The van der Waals surface area contributed by atoms with Crippen LogP contribution in [0.3, 0.4) is 0 Å². The van der Waals surface area contributed by atoms with Crippen LogP contribution in [0.25, 0.3) is 11.1 Å². The van der Waals surface area contributed by atoms with Gasteiger partial charge in [0.15, 0.2) is 5.58 Å². The maximum absolute atomic E-state index is 11.4. The Morgan fingerprint density at radius 1 is 1.11 bits per heavy atom. The van der Waals surface area contributed by atoms with Gasteiger partial charge in [-0.25, -0.2) is 4.79 Å². The Labute approximate surface area is 153 Å². The lowest BCUT2D eigenvalue weighted by atomic mass is 10.1. The molecule has 1 fully saturated rings. The van der Waals surface area contributed by atoms with E-state index in [1.165, 1.54) is 12.1 Å². The first-order valence-corrected chi connectivity index (χ1v) is 8.40. The molecule has 9 heteroatoms. The Hall–Kier alpha value is -3.62. The summed E-state index contributed by atoms with van der Waals surface area (Å²) in [5, 5.41) is 20.4. The van der Waals surface area contributed by atoms with Gasteiger partial charge in [0.25, 0.3) is 11.7 Å². The number of nitro groups is 1. The largest absolute Gasteiger partial charge is 0.478 e. The van der Waals surface area contributed by atoms with E-state index in [0.29, 0.717) is 37.9 Å². The second-order valence-electron chi connectivity index (χ2n) is 6.20. The molecule has 1 aromatic heterocycles. The van der Waals surface area contributed by atoms with E-state index in [4.69, 9.17) is 9.52 Å². The Bertz CT molecular complexity index is 991. The van der Waals surface area contributed by atoms with Crippen LogP contribution in [0.15, 0.2) is 46.9 Å². The van der Waals surface area contributed by atoms with Gasteiger partial charge in [0.1, 0.15) is 11.2 Å². The molecule has 2 heterocycles. The van der Waals surface area contributed by atoms with Crippen molar-refractivity contribution in [2.24, 2.45) is 0 Å². The molecule has 27 heavy (non-hydrogen) atoms. The number of carboxylic acid groups (broad SMARTS) is 1. The number of oxazole rings is 1. The zero-order valence-electron chi connectivity index (χ0n) is 14.2. The summed E-state index contributed by atoms with van der Waals surface area (Å²) in [6, 6.07) is 12.0. The molecule has 1 aliphatic heterocycles. The number of hydrogen-bond donors (Lipinski definition) is 1. The zero-order chi connectivity index (χ0) is 19.0. The lowest BCUT2D eigenvalue weighted by Gasteiger charge is -2.34. The molecule has 1 N–H and O–H groups in total. The summed E-state index contributed by atoms with van der Waals surface area (Å²) in [5.74, 6) is -1.19. The SMILES string of the molecule is O=C(O)c1ccc(N2CCN(c3nc4ccccc4o3)CC2)c([N+](=O)[O-])c1. The van der Waals surface area contributed by atoms with Crippen LogP contribution in [0, 0.1) is 10.1 Å². The first-order chi connectivity index (χ1) is 13.0. The number of aromatic nitrogens is 1. The van der Waals surface area contributed by atoms with Crippen molar-refractivity contribution in [2.45, 2.75) is 0 Å². The van der Waals surface area contributed by atoms with E-state index in [1.54, 1.807) is 0 Å². The van der Waals surface area contributed by atoms with Crippen LogP contribution >= 0.6 is 0 Å². The maximum Gasteiger partial charge on any atom is 0.335 e. The molecule has 1 saturated heterocycles. The van der Waals surface area contributed by atoms with Crippen molar-refractivity contribution in [2.75, 3.05) is 36.0 Å². The molecular weight excluding hydrogens is 352 g/mol. The molecule has 0 aliphatic carbocycles. The smallest absolute Gasteiger partial charge is 0.335 e. The number of fused-ring (bicyclic) bond motifs is 1. The van der Waals surface area contributed by atoms with Crippen molar-refractivity contribution in [3.8, 4) is 0 Å². The second kappa shape index (κ2) is 6.60. The normalized spacial score (nSPS) is 14.5. The number of nitro benzene ring substituents is 1. The van der Waals surface area contributed by atoms with E-state index in [1.807, 2.05) is 34.1 Å². The average Bonchev–Trinajstić information content (AvgIpc) is 3.12. The molecular formula is C18H16N4O5. The molecule has 0 bridgehead atoms. The number of para-hydroxylation sites is 2. The highest BCUT2D eigenvalue weighted by Crippen LogP contribution is 2.31. The van der Waals surface area contributed by atoms with Gasteiger partial charge in [-0.3, -0.25) is 10.1 Å². The molecule has 9 nitrogen and oxygen atoms in total. The van der Waals surface area contributed by atoms with Crippen molar-refractivity contribution < 1.29 is 19.2 Å². The molecule has 3 aromatic rings. The number of carbonyl (C=O) groups is 1. The van der Waals surface area contributed by atoms with Crippen molar-refractivity contribution in [1.82, 2.24) is 4.98 Å². The number of rotatable bonds is 4. The standard InChI is InChI=1S/C18H16N4O5/c23-17(24)12-5-6-14(15(11-12)22(25)26)20-7-9-21(10-8-20)18-19-13-3-1-2-4-16(13)27-18/h1-6,11H,7-10H2,(H,23,24). The van der Waals surface area contributed by atoms with E-state index in [9.17, 15) is 14.9 Å². The van der Waals surface area contributed by atoms with Gasteiger partial charge in [-0.2, -0.15) is 4.98 Å². The molecule has 0 saturated carbocycles. The Morgan fingerprint density at radius 2 is 1.81 bits per heavy atom. The van der Waals surface area contributed by atoms with Gasteiger partial charge in [0, 0.05) is 32.2 Å². The van der Waals surface area contributed by atoms with Gasteiger partial charge in [-0.05, 0) is 24.3 Å². The van der Waals surface area contributed by atoms with Gasteiger partial charge < -0.3 is 19.3 Å². The quantitative estimate of drug-likeness (QED) is 0.552. The molecule has 2 aromatic carbocycles. The predicted molar refractivity (Wildman–Crippen MR) is 98.5 cm³/mol. The van der Waals surface area contributed by atoms with Gasteiger partial charge >= 0.3 is 5.97 Å². The highest BCUT2D eigenvalue weighted by Gasteiger charge is 2.26. The molecule has 138 valence electrons. The second-order valence-corrected chi connectivity index (χ2v) is 6.20. The first kappa shape index (κ1) is 16.8. The Kier molecular flexibility index (Phi) is 4.11. The van der Waals surface area contributed by atoms with Gasteiger partial charge in [-0.1, -0.05) is 12.1 Å². The summed E-state index contributed by atoms with van der Waals surface area (Å²) in [6.07, 6.45) is 0. The van der Waals surface area contributed by atoms with Crippen LogP contribution in [-0.2, 0) is 0 Å². The zero-order valence-corrected chi connectivity index (χ0v) is 14.2. The summed E-state index contributed by atoms with van der Waals surface area (Å²) in [4.78, 5) is 30.3. The number of piperazine rings is 1. The highest BCUT2D eigenvalue weighted by atomic mass is 16.6. The summed E-state index contributed by atoms with van der Waals surface area (Å²) >= 11 is 0. The summed E-state index contributed by atoms with van der Waals surface area (Å²) in [6.45, 7) is 2.24. The van der Waals surface area contributed by atoms with Gasteiger partial charge in [0.2, 0.25) is 0 Å². The predicted octanol–water partition coefficient (Wildman–Crippen LogP) is 2.76. The van der Waals surface area contributed by atoms with E-state index in [2.05, 4.69) is 4.98 Å². The Morgan fingerprint density at radius 3 is 2.48 bits per heavy atom. The number of nitrogens with zero attached hydrogens (tertiary/aromatic N) is 4. The van der Waals surface area contributed by atoms with E-state index >= 15 is 0 Å². The molecule has 1 aliphatic rings. The summed E-state index contributed by atoms with van der Waals surface area (Å²) in [7, 11) is 0. The minimum atomic E-state index is -1.19. The molecule has 0 amide bonds. The fourth-order valence-electron chi connectivity index (χ4n) is 3.20. The topological polar surface area (TPSA) is 113 Å². The number of anilines is 2. The van der Waals surface area contributed by atoms with E-state index in [0.717, 1.165) is 17.2 Å². The summed E-state index contributed by atoms with van der Waals surface area (Å²) < 4.78 is 5.78. The number of hydrogen-bond acceptors (Lipinski definition) is 7. The average molecular weight is 368 g/mol. The molecule has 0 atom stereocenters. The van der Waals surface area contributed by atoms with Crippen LogP contribution in [0.5, 0.6) is 0 Å². The molecule has 0 unspecified atom stereocenters. The van der Waals surface area contributed by atoms with Crippen molar-refractivity contribution in [3.05, 3.63) is 58.1 Å². The van der Waals surface area contributed by atoms with Crippen molar-refractivity contribution in [1.29, 1.82) is 0 Å². The third-order valence-electron chi connectivity index (χ3n) is 4.59. The first-order valence-electron chi connectivity index (χ1n) is 8.40.